The molecule has 0 aliphatic heterocycles. The lowest BCUT2D eigenvalue weighted by atomic mass is 10.1. The summed E-state index contributed by atoms with van der Waals surface area (Å²) in [6.45, 7) is 4.75. The van der Waals surface area contributed by atoms with E-state index in [1.54, 1.807) is 39.0 Å². The van der Waals surface area contributed by atoms with Crippen LogP contribution >= 0.6 is 7.60 Å². The average Bonchev–Trinajstić information content (AvgIpc) is 2.49. The van der Waals surface area contributed by atoms with Crippen LogP contribution in [0.15, 0.2) is 35.9 Å². The molecule has 0 atom stereocenters. The van der Waals surface area contributed by atoms with Crippen LogP contribution in [0.2, 0.25) is 0 Å². The molecule has 0 amide bonds. The van der Waals surface area contributed by atoms with Gasteiger partial charge in [0.15, 0.2) is 0 Å². The van der Waals surface area contributed by atoms with Gasteiger partial charge < -0.3 is 13.8 Å². The third kappa shape index (κ3) is 4.50. The van der Waals surface area contributed by atoms with Gasteiger partial charge in [-0.05, 0) is 26.3 Å². The third-order valence-electron chi connectivity index (χ3n) is 2.59. The zero-order valence-electron chi connectivity index (χ0n) is 12.9. The van der Waals surface area contributed by atoms with Crippen molar-refractivity contribution in [3.05, 3.63) is 41.5 Å². The van der Waals surface area contributed by atoms with Gasteiger partial charge in [0.25, 0.3) is 0 Å². The molecule has 122 valence electrons. The van der Waals surface area contributed by atoms with Gasteiger partial charge in [0, 0.05) is 0 Å². The summed E-state index contributed by atoms with van der Waals surface area (Å²) in [6.07, 6.45) is 0. The summed E-state index contributed by atoms with van der Waals surface area (Å²) in [6, 6.07) is 8.03. The first kappa shape index (κ1) is 18.6. The summed E-state index contributed by atoms with van der Waals surface area (Å²) in [5.74, 6) is -0.911. The van der Waals surface area contributed by atoms with Gasteiger partial charge in [-0.25, -0.2) is 4.79 Å². The van der Waals surface area contributed by atoms with E-state index in [0.29, 0.717) is 0 Å². The molecule has 0 N–H and O–H groups in total. The zero-order valence-corrected chi connectivity index (χ0v) is 13.8. The number of rotatable bonds is 8. The molecule has 0 fully saturated rings. The van der Waals surface area contributed by atoms with Crippen molar-refractivity contribution >= 4 is 19.1 Å². The largest absolute Gasteiger partial charge is 0.462 e. The molecule has 0 heterocycles. The van der Waals surface area contributed by atoms with E-state index in [0.717, 1.165) is 0 Å². The summed E-state index contributed by atoms with van der Waals surface area (Å²) < 4.78 is 42.1. The lowest BCUT2D eigenvalue weighted by Crippen LogP contribution is -2.10. The predicted molar refractivity (Wildman–Crippen MR) is 82.0 cm³/mol. The van der Waals surface area contributed by atoms with Crippen LogP contribution < -0.4 is 0 Å². The smallest absolute Gasteiger partial charge is 0.390 e. The fraction of sp³-hybridized carbons (Fsp3) is 0.400. The van der Waals surface area contributed by atoms with Crippen molar-refractivity contribution < 1.29 is 27.5 Å². The minimum absolute atomic E-state index is 0.0183. The Labute approximate surface area is 129 Å². The molecule has 0 spiro atoms. The van der Waals surface area contributed by atoms with E-state index in [-0.39, 0.29) is 25.4 Å². The second-order valence-electron chi connectivity index (χ2n) is 4.09. The highest BCUT2D eigenvalue weighted by atomic mass is 31.2. The van der Waals surface area contributed by atoms with E-state index >= 15 is 0 Å². The van der Waals surface area contributed by atoms with Crippen LogP contribution in [0, 0.1) is 0 Å². The van der Waals surface area contributed by atoms with Crippen LogP contribution in [0.3, 0.4) is 0 Å². The quantitative estimate of drug-likeness (QED) is 0.407. The Morgan fingerprint density at radius 1 is 1.05 bits per heavy atom. The van der Waals surface area contributed by atoms with Crippen molar-refractivity contribution in [2.45, 2.75) is 20.8 Å². The zero-order chi connectivity index (χ0) is 16.6. The molecule has 0 unspecified atom stereocenters. The fourth-order valence-corrected chi connectivity index (χ4v) is 3.23. The van der Waals surface area contributed by atoms with E-state index < -0.39 is 24.7 Å². The SMILES string of the molecule is CCOC(=O)/C(=C(/F)P(=O)(OCC)OCC)c1ccccc1. The summed E-state index contributed by atoms with van der Waals surface area (Å²) in [7, 11) is -4.20. The van der Waals surface area contributed by atoms with Crippen molar-refractivity contribution in [1.82, 2.24) is 0 Å². The van der Waals surface area contributed by atoms with E-state index in [1.165, 1.54) is 12.1 Å². The Balaban J connectivity index is 3.45. The van der Waals surface area contributed by atoms with Crippen molar-refractivity contribution in [3.63, 3.8) is 0 Å². The van der Waals surface area contributed by atoms with Gasteiger partial charge in [0.05, 0.1) is 19.8 Å². The highest BCUT2D eigenvalue weighted by Crippen LogP contribution is 2.59. The fourth-order valence-electron chi connectivity index (χ4n) is 1.76. The molecule has 1 aromatic rings. The molecular weight excluding hydrogens is 310 g/mol. The molecule has 1 aromatic carbocycles. The van der Waals surface area contributed by atoms with Crippen molar-refractivity contribution in [2.75, 3.05) is 19.8 Å². The minimum Gasteiger partial charge on any atom is -0.462 e. The van der Waals surface area contributed by atoms with E-state index in [9.17, 15) is 13.8 Å². The predicted octanol–water partition coefficient (Wildman–Crippen LogP) is 4.15. The van der Waals surface area contributed by atoms with Crippen LogP contribution in [-0.2, 0) is 23.1 Å². The van der Waals surface area contributed by atoms with Gasteiger partial charge in [0.2, 0.25) is 5.57 Å². The number of carbonyl (C=O) groups is 1. The maximum absolute atomic E-state index is 14.8. The summed E-state index contributed by atoms with van der Waals surface area (Å²) >= 11 is 0. The number of esters is 1. The van der Waals surface area contributed by atoms with Crippen LogP contribution in [0.25, 0.3) is 5.57 Å². The number of ether oxygens (including phenoxy) is 1. The average molecular weight is 330 g/mol. The van der Waals surface area contributed by atoms with Gasteiger partial charge in [-0.15, -0.1) is 0 Å². The Morgan fingerprint density at radius 3 is 2.05 bits per heavy atom. The molecule has 5 nitrogen and oxygen atoms in total. The number of hydrogen-bond donors (Lipinski definition) is 0. The second-order valence-corrected chi connectivity index (χ2v) is 5.99. The van der Waals surface area contributed by atoms with Crippen LogP contribution in [0.1, 0.15) is 26.3 Å². The standard InChI is InChI=1S/C15H20FO5P/c1-4-19-15(17)13(12-10-8-7-9-11-12)14(16)22(18,20-5-2)21-6-3/h7-11H,4-6H2,1-3H3/b14-13-. The summed E-state index contributed by atoms with van der Waals surface area (Å²) in [4.78, 5) is 12.1. The number of carbonyl (C=O) groups excluding carboxylic acids is 1. The van der Waals surface area contributed by atoms with Gasteiger partial charge in [-0.3, -0.25) is 4.57 Å². The van der Waals surface area contributed by atoms with E-state index in [2.05, 4.69) is 0 Å². The first-order valence-electron chi connectivity index (χ1n) is 7.02. The van der Waals surface area contributed by atoms with Gasteiger partial charge in [0.1, 0.15) is 5.57 Å². The van der Waals surface area contributed by atoms with E-state index in [4.69, 9.17) is 13.8 Å². The number of benzene rings is 1. The Kier molecular flexibility index (Phi) is 7.45. The highest BCUT2D eigenvalue weighted by molar-refractivity contribution is 7.58. The molecule has 0 aliphatic carbocycles. The van der Waals surface area contributed by atoms with Crippen LogP contribution in [-0.4, -0.2) is 25.8 Å². The number of hydrogen-bond acceptors (Lipinski definition) is 5. The van der Waals surface area contributed by atoms with Gasteiger partial charge >= 0.3 is 13.6 Å². The lowest BCUT2D eigenvalue weighted by Gasteiger charge is -2.17. The molecule has 1 rings (SSSR count). The maximum Gasteiger partial charge on any atom is 0.390 e. The Hall–Kier alpha value is -1.49. The van der Waals surface area contributed by atoms with Gasteiger partial charge in [-0.2, -0.15) is 4.39 Å². The van der Waals surface area contributed by atoms with Crippen molar-refractivity contribution in [1.29, 1.82) is 0 Å². The molecule has 7 heteroatoms. The molecule has 0 aliphatic rings. The summed E-state index contributed by atoms with van der Waals surface area (Å²) in [5, 5.41) is 0. The first-order valence-corrected chi connectivity index (χ1v) is 8.56. The Bertz CT molecular complexity index is 561. The molecule has 0 radical (unpaired) electrons. The van der Waals surface area contributed by atoms with Crippen molar-refractivity contribution in [3.8, 4) is 0 Å². The third-order valence-corrected chi connectivity index (χ3v) is 4.49. The van der Waals surface area contributed by atoms with E-state index in [1.807, 2.05) is 0 Å². The molecule has 0 aromatic heterocycles. The van der Waals surface area contributed by atoms with Crippen LogP contribution in [0.4, 0.5) is 4.39 Å². The lowest BCUT2D eigenvalue weighted by molar-refractivity contribution is -0.136. The first-order chi connectivity index (χ1) is 10.5. The maximum atomic E-state index is 14.8. The highest BCUT2D eigenvalue weighted by Gasteiger charge is 2.36. The molecule has 0 saturated carbocycles. The topological polar surface area (TPSA) is 61.8 Å². The second kappa shape index (κ2) is 8.83. The van der Waals surface area contributed by atoms with Crippen molar-refractivity contribution in [2.24, 2.45) is 0 Å². The molecule has 22 heavy (non-hydrogen) atoms. The Morgan fingerprint density at radius 2 is 1.59 bits per heavy atom. The van der Waals surface area contributed by atoms with Gasteiger partial charge in [-0.1, -0.05) is 30.3 Å². The molecular formula is C15H20FO5P. The van der Waals surface area contributed by atoms with Crippen LogP contribution in [0.5, 0.6) is 0 Å². The normalized spacial score (nSPS) is 12.7. The monoisotopic (exact) mass is 330 g/mol. The summed E-state index contributed by atoms with van der Waals surface area (Å²) in [5.41, 5.74) is -1.42. The molecule has 0 bridgehead atoms. The number of halogens is 1. The minimum atomic E-state index is -4.20. The molecule has 0 saturated heterocycles.